The highest BCUT2D eigenvalue weighted by Crippen LogP contribution is 2.46. The third-order valence-electron chi connectivity index (χ3n) is 5.99. The molecule has 0 aliphatic carbocycles. The Kier molecular flexibility index (Phi) is 6.15. The summed E-state index contributed by atoms with van der Waals surface area (Å²) in [5.74, 6) is -0.723. The van der Waals surface area contributed by atoms with Crippen LogP contribution in [0.15, 0.2) is 60.2 Å². The zero-order valence-corrected chi connectivity index (χ0v) is 20.6. The maximum Gasteiger partial charge on any atom is 0.300 e. The number of ether oxygens (including phenoxy) is 4. The van der Waals surface area contributed by atoms with Gasteiger partial charge in [-0.2, -0.15) is 0 Å². The quantitative estimate of drug-likeness (QED) is 0.271. The second-order valence-corrected chi connectivity index (χ2v) is 8.79. The summed E-state index contributed by atoms with van der Waals surface area (Å²) in [6, 6.07) is 13.5. The molecule has 5 rings (SSSR count). The van der Waals surface area contributed by atoms with Crippen LogP contribution in [0, 0.1) is 0 Å². The fraction of sp³-hybridized carbons (Fsp3) is 0.154. The number of nitrogens with zero attached hydrogens (tertiary/aromatic N) is 1. The van der Waals surface area contributed by atoms with Gasteiger partial charge in [0, 0.05) is 22.8 Å². The maximum atomic E-state index is 13.4. The van der Waals surface area contributed by atoms with Crippen LogP contribution < -0.4 is 23.8 Å². The third kappa shape index (κ3) is 3.88. The topological polar surface area (TPSA) is 94.5 Å². The standard InChI is InChI=1S/C26H19Cl2NO7/c1-33-19-11-17(28)20(34-2)10-16(19)24(30)22-23(13-3-5-14(27)6-4-13)29(26(32)25(22)31)15-7-8-18-21(9-15)36-12-35-18/h3-11,23,30H,12H2,1-2H3/b24-22+. The molecule has 36 heavy (non-hydrogen) atoms. The van der Waals surface area contributed by atoms with Gasteiger partial charge in [-0.1, -0.05) is 35.3 Å². The largest absolute Gasteiger partial charge is 0.507 e. The summed E-state index contributed by atoms with van der Waals surface area (Å²) in [5.41, 5.74) is 0.947. The van der Waals surface area contributed by atoms with Gasteiger partial charge in [0.1, 0.15) is 17.3 Å². The van der Waals surface area contributed by atoms with E-state index in [1.165, 1.54) is 31.3 Å². The molecular formula is C26H19Cl2NO7. The Morgan fingerprint density at radius 3 is 2.33 bits per heavy atom. The number of halogens is 2. The van der Waals surface area contributed by atoms with Crippen molar-refractivity contribution < 1.29 is 33.6 Å². The fourth-order valence-electron chi connectivity index (χ4n) is 4.28. The molecule has 1 atom stereocenters. The number of Topliss-reactive ketones (excluding diaryl/α,β-unsaturated/α-hetero) is 1. The van der Waals surface area contributed by atoms with Gasteiger partial charge in [-0.15, -0.1) is 0 Å². The molecule has 0 aromatic heterocycles. The molecule has 1 fully saturated rings. The first kappa shape index (κ1) is 23.8. The Hall–Kier alpha value is -3.88. The SMILES string of the molecule is COc1cc(/C(O)=C2\C(=O)C(=O)N(c3ccc4c(c3)OCO4)C2c2ccc(Cl)cc2)c(OC)cc1Cl. The molecule has 3 aromatic rings. The Balaban J connectivity index is 1.74. The van der Waals surface area contributed by atoms with Crippen LogP contribution in [0.4, 0.5) is 5.69 Å². The average molecular weight is 528 g/mol. The molecular weight excluding hydrogens is 509 g/mol. The number of aliphatic hydroxyl groups excluding tert-OH is 1. The maximum absolute atomic E-state index is 13.4. The van der Waals surface area contributed by atoms with E-state index in [-0.39, 0.29) is 34.5 Å². The Labute approximate surface area is 216 Å². The summed E-state index contributed by atoms with van der Waals surface area (Å²) in [7, 11) is 2.82. The summed E-state index contributed by atoms with van der Waals surface area (Å²) in [6.45, 7) is 0.0520. The van der Waals surface area contributed by atoms with E-state index in [4.69, 9.17) is 42.1 Å². The molecule has 0 radical (unpaired) electrons. The number of rotatable bonds is 5. The number of amides is 1. The number of carbonyl (C=O) groups is 2. The first-order valence-electron chi connectivity index (χ1n) is 10.7. The van der Waals surface area contributed by atoms with Crippen LogP contribution in [0.2, 0.25) is 10.0 Å². The first-order valence-corrected chi connectivity index (χ1v) is 11.5. The van der Waals surface area contributed by atoms with Crippen molar-refractivity contribution in [3.63, 3.8) is 0 Å². The lowest BCUT2D eigenvalue weighted by Gasteiger charge is -2.26. The highest BCUT2D eigenvalue weighted by Gasteiger charge is 2.47. The lowest BCUT2D eigenvalue weighted by atomic mass is 9.94. The summed E-state index contributed by atoms with van der Waals surface area (Å²) >= 11 is 12.3. The smallest absolute Gasteiger partial charge is 0.300 e. The zero-order valence-electron chi connectivity index (χ0n) is 19.1. The minimum atomic E-state index is -0.978. The molecule has 8 nitrogen and oxygen atoms in total. The average Bonchev–Trinajstić information content (AvgIpc) is 3.45. The van der Waals surface area contributed by atoms with Crippen molar-refractivity contribution in [3.8, 4) is 23.0 Å². The van der Waals surface area contributed by atoms with Gasteiger partial charge in [-0.3, -0.25) is 14.5 Å². The lowest BCUT2D eigenvalue weighted by Crippen LogP contribution is -2.29. The number of hydrogen-bond donors (Lipinski definition) is 1. The Bertz CT molecular complexity index is 1420. The van der Waals surface area contributed by atoms with Crippen LogP contribution in [0.25, 0.3) is 5.76 Å². The molecule has 1 unspecified atom stereocenters. The van der Waals surface area contributed by atoms with Crippen LogP contribution in [-0.4, -0.2) is 37.8 Å². The molecule has 1 amide bonds. The number of aliphatic hydroxyl groups is 1. The number of benzene rings is 3. The molecule has 2 aliphatic heterocycles. The summed E-state index contributed by atoms with van der Waals surface area (Å²) < 4.78 is 21.5. The Morgan fingerprint density at radius 1 is 0.944 bits per heavy atom. The van der Waals surface area contributed by atoms with Crippen molar-refractivity contribution in [1.82, 2.24) is 0 Å². The summed E-state index contributed by atoms with van der Waals surface area (Å²) in [5, 5.41) is 12.2. The van der Waals surface area contributed by atoms with Crippen molar-refractivity contribution in [2.45, 2.75) is 6.04 Å². The minimum Gasteiger partial charge on any atom is -0.507 e. The van der Waals surface area contributed by atoms with E-state index in [0.717, 1.165) is 0 Å². The van der Waals surface area contributed by atoms with Crippen LogP contribution in [-0.2, 0) is 9.59 Å². The number of anilines is 1. The second kappa shape index (κ2) is 9.29. The molecule has 1 saturated heterocycles. The van der Waals surface area contributed by atoms with E-state index in [2.05, 4.69) is 0 Å². The monoisotopic (exact) mass is 527 g/mol. The predicted octanol–water partition coefficient (Wildman–Crippen LogP) is 5.37. The number of methoxy groups -OCH3 is 2. The molecule has 1 N–H and O–H groups in total. The molecule has 184 valence electrons. The first-order chi connectivity index (χ1) is 17.3. The molecule has 0 bridgehead atoms. The van der Waals surface area contributed by atoms with Crippen molar-refractivity contribution in [2.24, 2.45) is 0 Å². The van der Waals surface area contributed by atoms with Gasteiger partial charge in [0.05, 0.1) is 36.4 Å². The van der Waals surface area contributed by atoms with Gasteiger partial charge >= 0.3 is 0 Å². The highest BCUT2D eigenvalue weighted by atomic mass is 35.5. The van der Waals surface area contributed by atoms with Crippen LogP contribution in [0.5, 0.6) is 23.0 Å². The van der Waals surface area contributed by atoms with E-state index >= 15 is 0 Å². The van der Waals surface area contributed by atoms with Gasteiger partial charge < -0.3 is 24.1 Å². The number of fused-ring (bicyclic) bond motifs is 1. The molecule has 2 heterocycles. The molecule has 3 aromatic carbocycles. The zero-order chi connectivity index (χ0) is 25.6. The van der Waals surface area contributed by atoms with Crippen molar-refractivity contribution in [1.29, 1.82) is 0 Å². The van der Waals surface area contributed by atoms with Crippen molar-refractivity contribution in [2.75, 3.05) is 25.9 Å². The number of ketones is 1. The van der Waals surface area contributed by atoms with Gasteiger partial charge in [0.15, 0.2) is 11.5 Å². The normalized spacial score (nSPS) is 18.0. The number of hydrogen-bond acceptors (Lipinski definition) is 7. The van der Waals surface area contributed by atoms with E-state index in [1.54, 1.807) is 42.5 Å². The third-order valence-corrected chi connectivity index (χ3v) is 6.54. The number of carbonyl (C=O) groups excluding carboxylic acids is 2. The van der Waals surface area contributed by atoms with E-state index in [1.807, 2.05) is 0 Å². The van der Waals surface area contributed by atoms with Gasteiger partial charge in [-0.25, -0.2) is 0 Å². The summed E-state index contributed by atoms with van der Waals surface area (Å²) in [6.07, 6.45) is 0. The second-order valence-electron chi connectivity index (χ2n) is 7.95. The van der Waals surface area contributed by atoms with Crippen molar-refractivity contribution >= 4 is 46.3 Å². The van der Waals surface area contributed by atoms with Gasteiger partial charge in [0.2, 0.25) is 6.79 Å². The van der Waals surface area contributed by atoms with E-state index in [0.29, 0.717) is 27.8 Å². The van der Waals surface area contributed by atoms with Crippen LogP contribution in [0.1, 0.15) is 17.2 Å². The fourth-order valence-corrected chi connectivity index (χ4v) is 4.64. The summed E-state index contributed by atoms with van der Waals surface area (Å²) in [4.78, 5) is 28.1. The minimum absolute atomic E-state index is 0.0520. The lowest BCUT2D eigenvalue weighted by molar-refractivity contribution is -0.132. The Morgan fingerprint density at radius 2 is 1.64 bits per heavy atom. The van der Waals surface area contributed by atoms with E-state index < -0.39 is 23.5 Å². The van der Waals surface area contributed by atoms with Gasteiger partial charge in [-0.05, 0) is 35.9 Å². The molecule has 0 saturated carbocycles. The molecule has 10 heteroatoms. The van der Waals surface area contributed by atoms with Crippen LogP contribution >= 0.6 is 23.2 Å². The predicted molar refractivity (Wildman–Crippen MR) is 133 cm³/mol. The molecule has 2 aliphatic rings. The van der Waals surface area contributed by atoms with Crippen LogP contribution in [0.3, 0.4) is 0 Å². The van der Waals surface area contributed by atoms with Gasteiger partial charge in [0.25, 0.3) is 11.7 Å². The van der Waals surface area contributed by atoms with Crippen molar-refractivity contribution in [3.05, 3.63) is 81.3 Å². The van der Waals surface area contributed by atoms with E-state index in [9.17, 15) is 14.7 Å². The highest BCUT2D eigenvalue weighted by molar-refractivity contribution is 6.51. The molecule has 0 spiro atoms.